The molecule has 0 fully saturated rings. The van der Waals surface area contributed by atoms with Crippen LogP contribution in [0.15, 0.2) is 29.8 Å². The van der Waals surface area contributed by atoms with E-state index in [0.717, 1.165) is 11.1 Å². The maximum Gasteiger partial charge on any atom is 0.385 e. The Hall–Kier alpha value is -2.58. The average molecular weight is 286 g/mol. The molecule has 0 radical (unpaired) electrons. The molecular formula is C16H14O5. The lowest BCUT2D eigenvalue weighted by molar-refractivity contribution is -0.194. The molecule has 1 heterocycles. The highest BCUT2D eigenvalue weighted by atomic mass is 17.2. The molecule has 0 spiro atoms. The van der Waals surface area contributed by atoms with Crippen LogP contribution >= 0.6 is 0 Å². The molecule has 0 saturated carbocycles. The van der Waals surface area contributed by atoms with Crippen LogP contribution in [-0.2, 0) is 21.0 Å². The zero-order chi connectivity index (χ0) is 15.2. The zero-order valence-electron chi connectivity index (χ0n) is 11.8. The van der Waals surface area contributed by atoms with Crippen LogP contribution in [0.5, 0.6) is 5.75 Å². The molecule has 0 aromatic heterocycles. The third kappa shape index (κ3) is 4.20. The Labute approximate surface area is 122 Å². The van der Waals surface area contributed by atoms with Crippen LogP contribution in [0.2, 0.25) is 0 Å². The van der Waals surface area contributed by atoms with E-state index >= 15 is 0 Å². The molecule has 0 unspecified atom stereocenters. The Bertz CT molecular complexity index is 657. The van der Waals surface area contributed by atoms with E-state index in [1.807, 2.05) is 13.8 Å². The van der Waals surface area contributed by atoms with E-state index in [-0.39, 0.29) is 6.61 Å². The third-order valence-corrected chi connectivity index (χ3v) is 2.68. The van der Waals surface area contributed by atoms with Crippen molar-refractivity contribution in [2.45, 2.75) is 20.5 Å². The third-order valence-electron chi connectivity index (χ3n) is 2.68. The van der Waals surface area contributed by atoms with E-state index in [1.54, 1.807) is 18.2 Å². The highest BCUT2D eigenvalue weighted by molar-refractivity contribution is 6.12. The van der Waals surface area contributed by atoms with Crippen molar-refractivity contribution >= 4 is 11.8 Å². The van der Waals surface area contributed by atoms with Crippen LogP contribution in [0, 0.1) is 11.8 Å². The van der Waals surface area contributed by atoms with Crippen LogP contribution in [-0.4, -0.2) is 18.4 Å². The molecule has 0 N–H and O–H groups in total. The van der Waals surface area contributed by atoms with Crippen LogP contribution in [0.4, 0.5) is 0 Å². The van der Waals surface area contributed by atoms with Gasteiger partial charge in [0.15, 0.2) is 5.75 Å². The van der Waals surface area contributed by atoms with Crippen molar-refractivity contribution in [1.82, 2.24) is 0 Å². The van der Waals surface area contributed by atoms with Gasteiger partial charge in [0.1, 0.15) is 13.2 Å². The van der Waals surface area contributed by atoms with E-state index in [2.05, 4.69) is 11.8 Å². The maximum atomic E-state index is 11.8. The van der Waals surface area contributed by atoms with Crippen LogP contribution in [0.1, 0.15) is 29.8 Å². The molecule has 2 rings (SSSR count). The molecule has 0 atom stereocenters. The van der Waals surface area contributed by atoms with E-state index in [9.17, 15) is 9.59 Å². The van der Waals surface area contributed by atoms with Crippen molar-refractivity contribution < 1.29 is 24.1 Å². The van der Waals surface area contributed by atoms with E-state index in [4.69, 9.17) is 14.5 Å². The summed E-state index contributed by atoms with van der Waals surface area (Å²) in [7, 11) is 0. The second-order valence-corrected chi connectivity index (χ2v) is 4.63. The molecule has 1 aliphatic rings. The maximum absolute atomic E-state index is 11.8. The minimum absolute atomic E-state index is 0.147. The molecule has 5 nitrogen and oxygen atoms in total. The van der Waals surface area contributed by atoms with Gasteiger partial charge in [-0.1, -0.05) is 11.6 Å². The first-order valence-electron chi connectivity index (χ1n) is 6.35. The summed E-state index contributed by atoms with van der Waals surface area (Å²) in [5, 5.41) is 0. The SMILES string of the molecule is CC(C)=CCOC(=O)C#CC(=O)c1ccc2c(c1)OOC2. The molecule has 5 heteroatoms. The van der Waals surface area contributed by atoms with Gasteiger partial charge in [0.2, 0.25) is 5.78 Å². The molecule has 108 valence electrons. The fourth-order valence-corrected chi connectivity index (χ4v) is 1.55. The average Bonchev–Trinajstić information content (AvgIpc) is 2.91. The van der Waals surface area contributed by atoms with Crippen molar-refractivity contribution in [2.24, 2.45) is 0 Å². The minimum atomic E-state index is -0.735. The first-order chi connectivity index (χ1) is 10.1. The number of hydrogen-bond donors (Lipinski definition) is 0. The van der Waals surface area contributed by atoms with Crippen molar-refractivity contribution in [1.29, 1.82) is 0 Å². The number of hydrogen-bond acceptors (Lipinski definition) is 5. The number of esters is 1. The number of ether oxygens (including phenoxy) is 1. The molecule has 0 aliphatic carbocycles. The second-order valence-electron chi connectivity index (χ2n) is 4.63. The number of allylic oxidation sites excluding steroid dienone is 1. The predicted octanol–water partition coefficient (Wildman–Crippen LogP) is 2.21. The Morgan fingerprint density at radius 1 is 1.33 bits per heavy atom. The minimum Gasteiger partial charge on any atom is -0.452 e. The van der Waals surface area contributed by atoms with Crippen molar-refractivity contribution in [2.75, 3.05) is 6.61 Å². The molecule has 0 saturated heterocycles. The van der Waals surface area contributed by atoms with Gasteiger partial charge in [-0.25, -0.2) is 4.79 Å². The fourth-order valence-electron chi connectivity index (χ4n) is 1.55. The first-order valence-corrected chi connectivity index (χ1v) is 6.35. The summed E-state index contributed by atoms with van der Waals surface area (Å²) in [5.41, 5.74) is 2.23. The normalized spacial score (nSPS) is 11.5. The van der Waals surface area contributed by atoms with Gasteiger partial charge in [0.05, 0.1) is 0 Å². The standard InChI is InChI=1S/C16H14O5/c1-11(2)7-8-19-16(18)6-5-14(17)12-3-4-13-10-20-21-15(13)9-12/h3-4,7,9H,8,10H2,1-2H3. The summed E-state index contributed by atoms with van der Waals surface area (Å²) in [6, 6.07) is 4.88. The Morgan fingerprint density at radius 2 is 2.14 bits per heavy atom. The van der Waals surface area contributed by atoms with Crippen molar-refractivity contribution in [3.05, 3.63) is 41.0 Å². The van der Waals surface area contributed by atoms with Crippen molar-refractivity contribution in [3.63, 3.8) is 0 Å². The highest BCUT2D eigenvalue weighted by Crippen LogP contribution is 2.26. The summed E-state index contributed by atoms with van der Waals surface area (Å²) in [6.07, 6.45) is 1.75. The topological polar surface area (TPSA) is 61.8 Å². The quantitative estimate of drug-likeness (QED) is 0.162. The van der Waals surface area contributed by atoms with Gasteiger partial charge in [-0.3, -0.25) is 4.79 Å². The number of rotatable bonds is 3. The van der Waals surface area contributed by atoms with Gasteiger partial charge >= 0.3 is 5.97 Å². The monoisotopic (exact) mass is 286 g/mol. The lowest BCUT2D eigenvalue weighted by atomic mass is 10.1. The lowest BCUT2D eigenvalue weighted by Crippen LogP contribution is -2.03. The Balaban J connectivity index is 1.97. The lowest BCUT2D eigenvalue weighted by Gasteiger charge is -1.97. The zero-order valence-corrected chi connectivity index (χ0v) is 11.8. The van der Waals surface area contributed by atoms with Crippen molar-refractivity contribution in [3.8, 4) is 17.6 Å². The number of carbonyl (C=O) groups is 2. The van der Waals surface area contributed by atoms with Gasteiger partial charge < -0.3 is 9.62 Å². The number of ketones is 1. The van der Waals surface area contributed by atoms with Gasteiger partial charge in [-0.2, -0.15) is 4.89 Å². The highest BCUT2D eigenvalue weighted by Gasteiger charge is 2.15. The van der Waals surface area contributed by atoms with Gasteiger partial charge in [0, 0.05) is 17.0 Å². The number of benzene rings is 1. The van der Waals surface area contributed by atoms with Gasteiger partial charge in [-0.15, -0.1) is 0 Å². The number of Topliss-reactive ketones (excluding diaryl/α,β-unsaturated/α-hetero) is 1. The largest absolute Gasteiger partial charge is 0.452 e. The molecule has 0 bridgehead atoms. The summed E-state index contributed by atoms with van der Waals surface area (Å²) < 4.78 is 4.83. The van der Waals surface area contributed by atoms with E-state index in [0.29, 0.717) is 17.9 Å². The fraction of sp³-hybridized carbons (Fsp3) is 0.250. The van der Waals surface area contributed by atoms with Gasteiger partial charge in [-0.05, 0) is 38.0 Å². The van der Waals surface area contributed by atoms with E-state index < -0.39 is 11.8 Å². The number of carbonyl (C=O) groups excluding carboxylic acids is 2. The Kier molecular flexibility index (Phi) is 4.75. The summed E-state index contributed by atoms with van der Waals surface area (Å²) >= 11 is 0. The van der Waals surface area contributed by atoms with Crippen LogP contribution < -0.4 is 4.89 Å². The number of fused-ring (bicyclic) bond motifs is 1. The summed E-state index contributed by atoms with van der Waals surface area (Å²) in [5.74, 6) is 3.69. The molecule has 21 heavy (non-hydrogen) atoms. The van der Waals surface area contributed by atoms with Crippen LogP contribution in [0.25, 0.3) is 0 Å². The summed E-state index contributed by atoms with van der Waals surface area (Å²) in [4.78, 5) is 32.8. The molecular weight excluding hydrogens is 272 g/mol. The molecule has 1 aromatic carbocycles. The smallest absolute Gasteiger partial charge is 0.385 e. The first kappa shape index (κ1) is 14.8. The van der Waals surface area contributed by atoms with Gasteiger partial charge in [0.25, 0.3) is 0 Å². The van der Waals surface area contributed by atoms with Crippen LogP contribution in [0.3, 0.4) is 0 Å². The molecule has 1 aliphatic heterocycles. The Morgan fingerprint density at radius 3 is 2.90 bits per heavy atom. The summed E-state index contributed by atoms with van der Waals surface area (Å²) in [6.45, 7) is 4.28. The second kappa shape index (κ2) is 6.73. The molecule has 1 aromatic rings. The predicted molar refractivity (Wildman–Crippen MR) is 74.4 cm³/mol. The van der Waals surface area contributed by atoms with E-state index in [1.165, 1.54) is 6.07 Å². The molecule has 0 amide bonds.